The molecule has 0 aromatic carbocycles. The largest absolute Gasteiger partial charge is 0.314 e. The van der Waals surface area contributed by atoms with Crippen molar-refractivity contribution in [2.75, 3.05) is 31.5 Å². The van der Waals surface area contributed by atoms with Crippen molar-refractivity contribution in [3.05, 3.63) is 12.3 Å². The number of nitrogens with zero attached hydrogens (tertiary/aromatic N) is 2. The van der Waals surface area contributed by atoms with E-state index in [0.29, 0.717) is 6.04 Å². The van der Waals surface area contributed by atoms with Gasteiger partial charge >= 0.3 is 0 Å². The van der Waals surface area contributed by atoms with Crippen LogP contribution in [0.4, 0.5) is 5.82 Å². The minimum absolute atomic E-state index is 0.109. The van der Waals surface area contributed by atoms with Crippen LogP contribution in [-0.4, -0.2) is 41.9 Å². The van der Waals surface area contributed by atoms with Gasteiger partial charge in [0.2, 0.25) is 5.91 Å². The van der Waals surface area contributed by atoms with Gasteiger partial charge in [-0.25, -0.2) is 4.68 Å². The second kappa shape index (κ2) is 4.37. The fraction of sp³-hybridized carbons (Fsp3) is 0.667. The van der Waals surface area contributed by atoms with Crippen LogP contribution in [0, 0.1) is 5.41 Å². The molecule has 98 valence electrons. The lowest BCUT2D eigenvalue weighted by Gasteiger charge is -2.40. The first-order valence-electron chi connectivity index (χ1n) is 6.51. The monoisotopic (exact) mass is 249 g/mol. The third kappa shape index (κ3) is 1.72. The second-order valence-electron chi connectivity index (χ2n) is 5.16. The number of carbonyl (C=O) groups excluding carboxylic acids is 1. The van der Waals surface area contributed by atoms with E-state index in [1.165, 1.54) is 0 Å². The summed E-state index contributed by atoms with van der Waals surface area (Å²) in [6, 6.07) is 2.23. The number of aromatic nitrogens is 2. The molecule has 0 bridgehead atoms. The molecule has 1 aromatic rings. The summed E-state index contributed by atoms with van der Waals surface area (Å²) in [4.78, 5) is 12.3. The molecular formula is C12H19N5O. The van der Waals surface area contributed by atoms with Gasteiger partial charge in [0.05, 0.1) is 17.7 Å². The molecule has 0 atom stereocenters. The van der Waals surface area contributed by atoms with Gasteiger partial charge in [-0.05, 0) is 6.42 Å². The molecule has 3 N–H and O–H groups in total. The van der Waals surface area contributed by atoms with Crippen LogP contribution in [0.2, 0.25) is 0 Å². The molecule has 0 unspecified atom stereocenters. The highest BCUT2D eigenvalue weighted by Crippen LogP contribution is 2.29. The molecule has 1 aromatic heterocycles. The van der Waals surface area contributed by atoms with Gasteiger partial charge in [0.25, 0.3) is 0 Å². The van der Waals surface area contributed by atoms with E-state index in [1.54, 1.807) is 6.20 Å². The van der Waals surface area contributed by atoms with Crippen LogP contribution in [0.15, 0.2) is 12.3 Å². The van der Waals surface area contributed by atoms with E-state index in [-0.39, 0.29) is 11.3 Å². The summed E-state index contributed by atoms with van der Waals surface area (Å²) in [6.07, 6.45) is 2.61. The number of carbonyl (C=O) groups is 1. The molecule has 0 radical (unpaired) electrons. The quantitative estimate of drug-likeness (QED) is 0.700. The SMILES string of the molecule is CCC1(C(=O)Nc2ccnn2C2CNC2)CNC1. The van der Waals surface area contributed by atoms with Crippen molar-refractivity contribution in [1.29, 1.82) is 0 Å². The first-order chi connectivity index (χ1) is 8.75. The first-order valence-corrected chi connectivity index (χ1v) is 6.51. The Morgan fingerprint density at radius 3 is 2.83 bits per heavy atom. The third-order valence-electron chi connectivity index (χ3n) is 4.10. The standard InChI is InChI=1S/C12H19N5O/c1-2-12(7-14-8-12)11(18)16-10-3-4-15-17(10)9-5-13-6-9/h3-4,9,13-14H,2,5-8H2,1H3,(H,16,18). The van der Waals surface area contributed by atoms with Crippen LogP contribution >= 0.6 is 0 Å². The molecule has 6 nitrogen and oxygen atoms in total. The van der Waals surface area contributed by atoms with E-state index in [4.69, 9.17) is 0 Å². The van der Waals surface area contributed by atoms with Crippen molar-refractivity contribution in [3.8, 4) is 0 Å². The maximum Gasteiger partial charge on any atom is 0.234 e. The molecule has 2 fully saturated rings. The van der Waals surface area contributed by atoms with Crippen molar-refractivity contribution in [1.82, 2.24) is 20.4 Å². The molecule has 2 aliphatic heterocycles. The number of nitrogens with one attached hydrogen (secondary N) is 3. The van der Waals surface area contributed by atoms with Crippen LogP contribution in [-0.2, 0) is 4.79 Å². The summed E-state index contributed by atoms with van der Waals surface area (Å²) in [5, 5.41) is 13.7. The van der Waals surface area contributed by atoms with Gasteiger partial charge in [0, 0.05) is 32.2 Å². The highest BCUT2D eigenvalue weighted by atomic mass is 16.2. The molecule has 0 saturated carbocycles. The summed E-state index contributed by atoms with van der Waals surface area (Å²) < 4.78 is 1.91. The number of amides is 1. The van der Waals surface area contributed by atoms with Crippen LogP contribution < -0.4 is 16.0 Å². The molecule has 0 spiro atoms. The van der Waals surface area contributed by atoms with Crippen molar-refractivity contribution < 1.29 is 4.79 Å². The molecule has 3 heterocycles. The van der Waals surface area contributed by atoms with Gasteiger partial charge in [0.1, 0.15) is 5.82 Å². The number of anilines is 1. The Bertz CT molecular complexity index is 442. The molecule has 1 amide bonds. The summed E-state index contributed by atoms with van der Waals surface area (Å²) in [6.45, 7) is 5.45. The number of rotatable bonds is 4. The molecule has 6 heteroatoms. The second-order valence-corrected chi connectivity index (χ2v) is 5.16. The van der Waals surface area contributed by atoms with Gasteiger partial charge in [-0.2, -0.15) is 5.10 Å². The smallest absolute Gasteiger partial charge is 0.234 e. The van der Waals surface area contributed by atoms with E-state index in [2.05, 4.69) is 28.0 Å². The van der Waals surface area contributed by atoms with Gasteiger partial charge in [0.15, 0.2) is 0 Å². The Kier molecular flexibility index (Phi) is 2.83. The maximum absolute atomic E-state index is 12.3. The van der Waals surface area contributed by atoms with Crippen molar-refractivity contribution in [2.24, 2.45) is 5.41 Å². The topological polar surface area (TPSA) is 71.0 Å². The minimum atomic E-state index is -0.229. The predicted octanol–water partition coefficient (Wildman–Crippen LogP) is -0.0345. The fourth-order valence-corrected chi connectivity index (χ4v) is 2.40. The lowest BCUT2D eigenvalue weighted by Crippen LogP contribution is -2.59. The Hall–Kier alpha value is -1.40. The number of hydrogen-bond acceptors (Lipinski definition) is 4. The van der Waals surface area contributed by atoms with Gasteiger partial charge < -0.3 is 16.0 Å². The molecule has 2 aliphatic rings. The van der Waals surface area contributed by atoms with Crippen LogP contribution in [0.1, 0.15) is 19.4 Å². The van der Waals surface area contributed by atoms with Crippen LogP contribution in [0.5, 0.6) is 0 Å². The fourth-order valence-electron chi connectivity index (χ4n) is 2.40. The zero-order valence-electron chi connectivity index (χ0n) is 10.6. The first kappa shape index (κ1) is 11.7. The molecule has 3 rings (SSSR count). The predicted molar refractivity (Wildman–Crippen MR) is 68.4 cm³/mol. The Morgan fingerprint density at radius 1 is 1.56 bits per heavy atom. The Balaban J connectivity index is 1.72. The van der Waals surface area contributed by atoms with Gasteiger partial charge in [-0.15, -0.1) is 0 Å². The molecule has 2 saturated heterocycles. The summed E-state index contributed by atoms with van der Waals surface area (Å²) in [5.41, 5.74) is -0.229. The van der Waals surface area contributed by atoms with E-state index >= 15 is 0 Å². The van der Waals surface area contributed by atoms with Crippen molar-refractivity contribution in [2.45, 2.75) is 19.4 Å². The van der Waals surface area contributed by atoms with Gasteiger partial charge in [-0.3, -0.25) is 4.79 Å². The summed E-state index contributed by atoms with van der Waals surface area (Å²) in [5.74, 6) is 0.920. The molecule has 0 aliphatic carbocycles. The van der Waals surface area contributed by atoms with Gasteiger partial charge in [-0.1, -0.05) is 6.92 Å². The highest BCUT2D eigenvalue weighted by Gasteiger charge is 2.42. The average molecular weight is 249 g/mol. The van der Waals surface area contributed by atoms with Crippen molar-refractivity contribution in [3.63, 3.8) is 0 Å². The lowest BCUT2D eigenvalue weighted by molar-refractivity contribution is -0.128. The maximum atomic E-state index is 12.3. The zero-order chi connectivity index (χ0) is 12.6. The highest BCUT2D eigenvalue weighted by molar-refractivity contribution is 5.95. The van der Waals surface area contributed by atoms with Crippen LogP contribution in [0.25, 0.3) is 0 Å². The minimum Gasteiger partial charge on any atom is -0.314 e. The summed E-state index contributed by atoms with van der Waals surface area (Å²) in [7, 11) is 0. The van der Waals surface area contributed by atoms with E-state index in [9.17, 15) is 4.79 Å². The van der Waals surface area contributed by atoms with Crippen molar-refractivity contribution >= 4 is 11.7 Å². The lowest BCUT2D eigenvalue weighted by atomic mass is 9.78. The zero-order valence-corrected chi connectivity index (χ0v) is 10.6. The normalized spacial score (nSPS) is 22.1. The third-order valence-corrected chi connectivity index (χ3v) is 4.10. The molecular weight excluding hydrogens is 230 g/mol. The van der Waals surface area contributed by atoms with E-state index in [1.807, 2.05) is 10.7 Å². The van der Waals surface area contributed by atoms with Crippen LogP contribution in [0.3, 0.4) is 0 Å². The number of hydrogen-bond donors (Lipinski definition) is 3. The Morgan fingerprint density at radius 2 is 2.33 bits per heavy atom. The average Bonchev–Trinajstić information content (AvgIpc) is 2.63. The van der Waals surface area contributed by atoms with E-state index in [0.717, 1.165) is 38.4 Å². The molecule has 18 heavy (non-hydrogen) atoms. The Labute approximate surface area is 106 Å². The summed E-state index contributed by atoms with van der Waals surface area (Å²) >= 11 is 0. The van der Waals surface area contributed by atoms with E-state index < -0.39 is 0 Å².